The van der Waals surface area contributed by atoms with Crippen molar-refractivity contribution < 1.29 is 9.13 Å². The molecule has 0 amide bonds. The van der Waals surface area contributed by atoms with E-state index in [0.29, 0.717) is 6.04 Å². The minimum absolute atomic E-state index is 0.213. The lowest BCUT2D eigenvalue weighted by molar-refractivity contribution is 0.137. The molecule has 2 rings (SSSR count). The fourth-order valence-corrected chi connectivity index (χ4v) is 3.00. The topological polar surface area (TPSA) is 21.3 Å². The zero-order valence-corrected chi connectivity index (χ0v) is 13.3. The van der Waals surface area contributed by atoms with E-state index in [2.05, 4.69) is 19.2 Å². The van der Waals surface area contributed by atoms with Crippen LogP contribution in [0.2, 0.25) is 0 Å². The molecule has 0 aliphatic carbocycles. The maximum absolute atomic E-state index is 13.5. The number of halogens is 1. The van der Waals surface area contributed by atoms with Gasteiger partial charge in [-0.2, -0.15) is 0 Å². The third kappa shape index (κ3) is 4.70. The van der Waals surface area contributed by atoms with E-state index in [1.165, 1.54) is 37.8 Å². The minimum atomic E-state index is -0.213. The molecule has 21 heavy (non-hydrogen) atoms. The monoisotopic (exact) mass is 293 g/mol. The Bertz CT molecular complexity index is 435. The molecule has 0 saturated carbocycles. The lowest BCUT2D eigenvalue weighted by Gasteiger charge is -2.33. The molecule has 118 valence electrons. The number of hydrogen-bond acceptors (Lipinski definition) is 2. The van der Waals surface area contributed by atoms with Crippen LogP contribution in [-0.2, 0) is 0 Å². The Balaban J connectivity index is 2.01. The lowest BCUT2D eigenvalue weighted by atomic mass is 9.93. The number of ether oxygens (including phenoxy) is 1. The van der Waals surface area contributed by atoms with Crippen molar-refractivity contribution in [3.05, 3.63) is 29.6 Å². The molecule has 0 saturated heterocycles. The Labute approximate surface area is 128 Å². The van der Waals surface area contributed by atoms with E-state index in [4.69, 9.17) is 4.74 Å². The molecule has 2 atom stereocenters. The predicted octanol–water partition coefficient (Wildman–Crippen LogP) is 4.99. The van der Waals surface area contributed by atoms with Crippen LogP contribution >= 0.6 is 0 Å². The van der Waals surface area contributed by atoms with Gasteiger partial charge >= 0.3 is 0 Å². The van der Waals surface area contributed by atoms with Crippen molar-refractivity contribution in [3.8, 4) is 5.75 Å². The first-order valence-electron chi connectivity index (χ1n) is 8.44. The molecular formula is C18H28FNO. The Morgan fingerprint density at radius 3 is 2.81 bits per heavy atom. The van der Waals surface area contributed by atoms with Gasteiger partial charge in [0.15, 0.2) is 0 Å². The van der Waals surface area contributed by atoms with Crippen LogP contribution in [0.1, 0.15) is 70.4 Å². The highest BCUT2D eigenvalue weighted by molar-refractivity contribution is 5.38. The molecule has 2 unspecified atom stereocenters. The zero-order chi connectivity index (χ0) is 15.1. The molecule has 0 bridgehead atoms. The summed E-state index contributed by atoms with van der Waals surface area (Å²) in [4.78, 5) is 0. The average Bonchev–Trinajstić information content (AvgIpc) is 2.48. The maximum Gasteiger partial charge on any atom is 0.127 e. The maximum atomic E-state index is 13.5. The van der Waals surface area contributed by atoms with Crippen LogP contribution in [-0.4, -0.2) is 12.6 Å². The van der Waals surface area contributed by atoms with Crippen molar-refractivity contribution >= 4 is 0 Å². The minimum Gasteiger partial charge on any atom is -0.490 e. The third-order valence-corrected chi connectivity index (χ3v) is 4.16. The van der Waals surface area contributed by atoms with Gasteiger partial charge in [-0.3, -0.25) is 0 Å². The average molecular weight is 293 g/mol. The van der Waals surface area contributed by atoms with E-state index in [1.54, 1.807) is 0 Å². The van der Waals surface area contributed by atoms with Gasteiger partial charge < -0.3 is 10.1 Å². The normalized spacial score (nSPS) is 20.9. The molecule has 0 radical (unpaired) electrons. The predicted molar refractivity (Wildman–Crippen MR) is 85.2 cm³/mol. The second-order valence-electron chi connectivity index (χ2n) is 6.01. The fraction of sp³-hybridized carbons (Fsp3) is 0.667. The van der Waals surface area contributed by atoms with Crippen molar-refractivity contribution in [1.29, 1.82) is 0 Å². The van der Waals surface area contributed by atoms with Crippen LogP contribution in [0.4, 0.5) is 4.39 Å². The highest BCUT2D eigenvalue weighted by atomic mass is 19.1. The van der Waals surface area contributed by atoms with Crippen LogP contribution in [0.5, 0.6) is 5.75 Å². The molecule has 3 heteroatoms. The van der Waals surface area contributed by atoms with Crippen LogP contribution in [0, 0.1) is 5.82 Å². The molecular weight excluding hydrogens is 265 g/mol. The van der Waals surface area contributed by atoms with Crippen molar-refractivity contribution in [1.82, 2.24) is 5.32 Å². The van der Waals surface area contributed by atoms with E-state index >= 15 is 0 Å². The van der Waals surface area contributed by atoms with Gasteiger partial charge in [0.05, 0.1) is 0 Å². The molecule has 1 aliphatic rings. The number of fused-ring (bicyclic) bond motifs is 1. The van der Waals surface area contributed by atoms with Gasteiger partial charge in [-0.25, -0.2) is 4.39 Å². The summed E-state index contributed by atoms with van der Waals surface area (Å²) in [5.74, 6) is 0.518. The summed E-state index contributed by atoms with van der Waals surface area (Å²) in [6.07, 6.45) is 8.38. The Morgan fingerprint density at radius 2 is 2.05 bits per heavy atom. The molecule has 1 aromatic carbocycles. The zero-order valence-electron chi connectivity index (χ0n) is 13.3. The highest BCUT2D eigenvalue weighted by Crippen LogP contribution is 2.36. The number of rotatable bonds is 8. The number of nitrogens with one attached hydrogen (secondary N) is 1. The summed E-state index contributed by atoms with van der Waals surface area (Å²) in [5, 5.41) is 3.58. The summed E-state index contributed by atoms with van der Waals surface area (Å²) >= 11 is 0. The number of benzene rings is 1. The smallest absolute Gasteiger partial charge is 0.127 e. The third-order valence-electron chi connectivity index (χ3n) is 4.16. The van der Waals surface area contributed by atoms with Crippen molar-refractivity contribution in [3.63, 3.8) is 0 Å². The second kappa shape index (κ2) is 8.38. The van der Waals surface area contributed by atoms with Crippen molar-refractivity contribution in [2.24, 2.45) is 0 Å². The van der Waals surface area contributed by atoms with Gasteiger partial charge in [-0.05, 0) is 31.9 Å². The molecule has 2 nitrogen and oxygen atoms in total. The first-order valence-corrected chi connectivity index (χ1v) is 8.44. The first-order chi connectivity index (χ1) is 10.2. The summed E-state index contributed by atoms with van der Waals surface area (Å²) < 4.78 is 19.5. The Kier molecular flexibility index (Phi) is 6.50. The largest absolute Gasteiger partial charge is 0.490 e. The molecule has 1 aromatic rings. The van der Waals surface area contributed by atoms with E-state index in [-0.39, 0.29) is 11.9 Å². The Hall–Kier alpha value is -1.09. The summed E-state index contributed by atoms with van der Waals surface area (Å²) in [6, 6.07) is 5.23. The summed E-state index contributed by atoms with van der Waals surface area (Å²) in [7, 11) is 0. The van der Waals surface area contributed by atoms with E-state index in [1.807, 2.05) is 6.07 Å². The van der Waals surface area contributed by atoms with Gasteiger partial charge in [-0.15, -0.1) is 0 Å². The van der Waals surface area contributed by atoms with Gasteiger partial charge in [0.2, 0.25) is 0 Å². The van der Waals surface area contributed by atoms with Gasteiger partial charge in [0, 0.05) is 24.1 Å². The van der Waals surface area contributed by atoms with Crippen molar-refractivity contribution in [2.45, 2.75) is 70.9 Å². The van der Waals surface area contributed by atoms with Crippen LogP contribution in [0.3, 0.4) is 0 Å². The number of hydrogen-bond donors (Lipinski definition) is 1. The molecule has 1 heterocycles. The quantitative estimate of drug-likeness (QED) is 0.682. The van der Waals surface area contributed by atoms with Crippen LogP contribution < -0.4 is 10.1 Å². The molecule has 0 spiro atoms. The highest BCUT2D eigenvalue weighted by Gasteiger charge is 2.27. The molecule has 0 aromatic heterocycles. The van der Waals surface area contributed by atoms with Crippen LogP contribution in [0.15, 0.2) is 18.2 Å². The van der Waals surface area contributed by atoms with Gasteiger partial charge in [-0.1, -0.05) is 39.2 Å². The van der Waals surface area contributed by atoms with E-state index in [9.17, 15) is 4.39 Å². The molecule has 0 fully saturated rings. The summed E-state index contributed by atoms with van der Waals surface area (Å²) in [6.45, 7) is 5.38. The first kappa shape index (κ1) is 16.3. The van der Waals surface area contributed by atoms with Gasteiger partial charge in [0.1, 0.15) is 17.7 Å². The lowest BCUT2D eigenvalue weighted by Crippen LogP contribution is -2.33. The van der Waals surface area contributed by atoms with E-state index < -0.39 is 0 Å². The number of unbranched alkanes of at least 4 members (excludes halogenated alkanes) is 3. The van der Waals surface area contributed by atoms with E-state index in [0.717, 1.165) is 37.1 Å². The Morgan fingerprint density at radius 1 is 1.19 bits per heavy atom. The molecule has 1 N–H and O–H groups in total. The second-order valence-corrected chi connectivity index (χ2v) is 6.01. The van der Waals surface area contributed by atoms with Gasteiger partial charge in [0.25, 0.3) is 0 Å². The molecule has 1 aliphatic heterocycles. The van der Waals surface area contributed by atoms with Crippen molar-refractivity contribution in [2.75, 3.05) is 6.54 Å². The van der Waals surface area contributed by atoms with Crippen LogP contribution in [0.25, 0.3) is 0 Å². The fourth-order valence-electron chi connectivity index (χ4n) is 3.00. The standard InChI is InChI=1S/C18H28FNO/c1-3-5-6-7-8-15-13-17(20-11-4-2)16-10-9-14(19)12-18(16)21-15/h9-10,12,15,17,20H,3-8,11,13H2,1-2H3. The SMILES string of the molecule is CCCCCCC1CC(NCCC)c2ccc(F)cc2O1. The summed E-state index contributed by atoms with van der Waals surface area (Å²) in [5.41, 5.74) is 1.11.